The van der Waals surface area contributed by atoms with Gasteiger partial charge in [-0.2, -0.15) is 0 Å². The molecule has 0 fully saturated rings. The first kappa shape index (κ1) is 8.77. The maximum absolute atomic E-state index is 11.4. The van der Waals surface area contributed by atoms with E-state index >= 15 is 0 Å². The van der Waals surface area contributed by atoms with E-state index in [1.807, 2.05) is 6.92 Å². The van der Waals surface area contributed by atoms with Gasteiger partial charge in [0, 0.05) is 19.7 Å². The smallest absolute Gasteiger partial charge is 0.292 e. The maximum atomic E-state index is 11.4. The molecule has 0 aliphatic heterocycles. The highest BCUT2D eigenvalue weighted by Crippen LogP contribution is 2.04. The number of amides is 1. The van der Waals surface area contributed by atoms with Crippen LogP contribution < -0.4 is 0 Å². The van der Waals surface area contributed by atoms with Crippen LogP contribution in [0.4, 0.5) is 0 Å². The minimum atomic E-state index is -0.127. The number of rotatable bonds is 2. The zero-order valence-corrected chi connectivity index (χ0v) is 7.50. The number of carbonyl (C=O) groups is 1. The molecule has 1 aromatic rings. The molecule has 1 rings (SSSR count). The fourth-order valence-corrected chi connectivity index (χ4v) is 0.796. The Morgan fingerprint density at radius 1 is 1.75 bits per heavy atom. The molecule has 12 heavy (non-hydrogen) atoms. The summed E-state index contributed by atoms with van der Waals surface area (Å²) >= 11 is 0. The highest BCUT2D eigenvalue weighted by atomic mass is 16.5. The van der Waals surface area contributed by atoms with E-state index in [-0.39, 0.29) is 5.91 Å². The van der Waals surface area contributed by atoms with Gasteiger partial charge in [-0.05, 0) is 13.8 Å². The summed E-state index contributed by atoms with van der Waals surface area (Å²) in [6.07, 6.45) is 0. The lowest BCUT2D eigenvalue weighted by atomic mass is 10.3. The topological polar surface area (TPSA) is 46.3 Å². The van der Waals surface area contributed by atoms with Crippen molar-refractivity contribution in [3.63, 3.8) is 0 Å². The first-order valence-electron chi connectivity index (χ1n) is 3.84. The summed E-state index contributed by atoms with van der Waals surface area (Å²) in [4.78, 5) is 13.0. The number of hydrogen-bond acceptors (Lipinski definition) is 3. The van der Waals surface area contributed by atoms with Gasteiger partial charge in [0.2, 0.25) is 5.76 Å². The molecule has 4 heteroatoms. The normalized spacial score (nSPS) is 9.92. The number of nitrogens with zero attached hydrogens (tertiary/aromatic N) is 2. The number of aryl methyl sites for hydroxylation is 1. The third-order valence-electron chi connectivity index (χ3n) is 1.66. The van der Waals surface area contributed by atoms with Crippen LogP contribution in [0.25, 0.3) is 0 Å². The van der Waals surface area contributed by atoms with E-state index in [9.17, 15) is 4.79 Å². The van der Waals surface area contributed by atoms with Crippen LogP contribution in [0.1, 0.15) is 23.2 Å². The maximum Gasteiger partial charge on any atom is 0.292 e. The lowest BCUT2D eigenvalue weighted by Gasteiger charge is -2.10. The fraction of sp³-hybridized carbons (Fsp3) is 0.500. The van der Waals surface area contributed by atoms with E-state index in [1.165, 1.54) is 0 Å². The van der Waals surface area contributed by atoms with Crippen molar-refractivity contribution >= 4 is 5.91 Å². The first-order valence-corrected chi connectivity index (χ1v) is 3.84. The Bertz CT molecular complexity index is 280. The highest BCUT2D eigenvalue weighted by Gasteiger charge is 2.14. The van der Waals surface area contributed by atoms with Gasteiger partial charge < -0.3 is 9.42 Å². The molecule has 1 heterocycles. The highest BCUT2D eigenvalue weighted by molar-refractivity contribution is 5.91. The monoisotopic (exact) mass is 168 g/mol. The summed E-state index contributed by atoms with van der Waals surface area (Å²) in [5, 5.41) is 3.63. The van der Waals surface area contributed by atoms with Crippen LogP contribution in [-0.2, 0) is 0 Å². The summed E-state index contributed by atoms with van der Waals surface area (Å²) in [7, 11) is 1.72. The molecule has 0 saturated carbocycles. The van der Waals surface area contributed by atoms with Crippen LogP contribution in [-0.4, -0.2) is 29.6 Å². The van der Waals surface area contributed by atoms with E-state index in [2.05, 4.69) is 5.16 Å². The van der Waals surface area contributed by atoms with Gasteiger partial charge in [0.25, 0.3) is 5.91 Å². The van der Waals surface area contributed by atoms with E-state index in [4.69, 9.17) is 4.52 Å². The third kappa shape index (κ3) is 1.64. The molecule has 0 aliphatic carbocycles. The Kier molecular flexibility index (Phi) is 2.47. The summed E-state index contributed by atoms with van der Waals surface area (Å²) in [5.74, 6) is 0.176. The van der Waals surface area contributed by atoms with Crippen LogP contribution in [0, 0.1) is 6.92 Å². The summed E-state index contributed by atoms with van der Waals surface area (Å²) in [6, 6.07) is 1.63. The van der Waals surface area contributed by atoms with E-state index in [0.29, 0.717) is 12.3 Å². The zero-order chi connectivity index (χ0) is 9.14. The van der Waals surface area contributed by atoms with Crippen molar-refractivity contribution in [2.24, 2.45) is 0 Å². The van der Waals surface area contributed by atoms with Crippen LogP contribution >= 0.6 is 0 Å². The molecule has 0 bridgehead atoms. The van der Waals surface area contributed by atoms with Gasteiger partial charge in [-0.1, -0.05) is 5.16 Å². The summed E-state index contributed by atoms with van der Waals surface area (Å²) < 4.78 is 4.81. The molecule has 0 saturated heterocycles. The lowest BCUT2D eigenvalue weighted by Crippen LogP contribution is -2.25. The van der Waals surface area contributed by atoms with Gasteiger partial charge in [-0.15, -0.1) is 0 Å². The molecule has 1 aromatic heterocycles. The van der Waals surface area contributed by atoms with E-state index < -0.39 is 0 Å². The average molecular weight is 168 g/mol. The molecule has 0 unspecified atom stereocenters. The third-order valence-corrected chi connectivity index (χ3v) is 1.66. The Morgan fingerprint density at radius 2 is 2.42 bits per heavy atom. The molecule has 0 atom stereocenters. The van der Waals surface area contributed by atoms with Crippen molar-refractivity contribution in [1.82, 2.24) is 10.1 Å². The quantitative estimate of drug-likeness (QED) is 0.663. The summed E-state index contributed by atoms with van der Waals surface area (Å²) in [6.45, 7) is 4.35. The largest absolute Gasteiger partial charge is 0.351 e. The molecule has 0 spiro atoms. The molecule has 1 amide bonds. The van der Waals surface area contributed by atoms with Gasteiger partial charge in [0.15, 0.2) is 0 Å². The lowest BCUT2D eigenvalue weighted by molar-refractivity contribution is 0.0761. The second-order valence-electron chi connectivity index (χ2n) is 2.65. The van der Waals surface area contributed by atoms with E-state index in [0.717, 1.165) is 5.69 Å². The minimum Gasteiger partial charge on any atom is -0.351 e. The van der Waals surface area contributed by atoms with Crippen LogP contribution in [0.5, 0.6) is 0 Å². The minimum absolute atomic E-state index is 0.127. The van der Waals surface area contributed by atoms with Gasteiger partial charge in [0.05, 0.1) is 5.69 Å². The van der Waals surface area contributed by atoms with Crippen LogP contribution in [0.15, 0.2) is 10.6 Å². The zero-order valence-electron chi connectivity index (χ0n) is 7.50. The molecule has 4 nitrogen and oxygen atoms in total. The van der Waals surface area contributed by atoms with Crippen molar-refractivity contribution in [2.45, 2.75) is 13.8 Å². The molecule has 0 aromatic carbocycles. The van der Waals surface area contributed by atoms with Gasteiger partial charge in [-0.3, -0.25) is 4.79 Å². The SMILES string of the molecule is CCN(C)C(=O)c1cc(C)no1. The number of aromatic nitrogens is 1. The standard InChI is InChI=1S/C8H12N2O2/c1-4-10(3)8(11)7-5-6(2)9-12-7/h5H,4H2,1-3H3. The van der Waals surface area contributed by atoms with Crippen molar-refractivity contribution in [3.05, 3.63) is 17.5 Å². The molecule has 0 radical (unpaired) electrons. The Labute approximate surface area is 71.1 Å². The van der Waals surface area contributed by atoms with Crippen LogP contribution in [0.2, 0.25) is 0 Å². The second-order valence-corrected chi connectivity index (χ2v) is 2.65. The van der Waals surface area contributed by atoms with Crippen molar-refractivity contribution < 1.29 is 9.32 Å². The molecule has 66 valence electrons. The Balaban J connectivity index is 2.78. The van der Waals surface area contributed by atoms with E-state index in [1.54, 1.807) is 24.9 Å². The van der Waals surface area contributed by atoms with Crippen molar-refractivity contribution in [3.8, 4) is 0 Å². The average Bonchev–Trinajstić information content (AvgIpc) is 2.49. The summed E-state index contributed by atoms with van der Waals surface area (Å²) in [5.41, 5.74) is 0.725. The molecule has 0 aliphatic rings. The Morgan fingerprint density at radius 3 is 2.83 bits per heavy atom. The van der Waals surface area contributed by atoms with Crippen molar-refractivity contribution in [2.75, 3.05) is 13.6 Å². The van der Waals surface area contributed by atoms with Crippen LogP contribution in [0.3, 0.4) is 0 Å². The predicted octanol–water partition coefficient (Wildman–Crippen LogP) is 1.07. The fourth-order valence-electron chi connectivity index (χ4n) is 0.796. The first-order chi connectivity index (χ1) is 5.65. The predicted molar refractivity (Wildman–Crippen MR) is 43.9 cm³/mol. The Hall–Kier alpha value is -1.32. The van der Waals surface area contributed by atoms with Crippen molar-refractivity contribution in [1.29, 1.82) is 0 Å². The number of carbonyl (C=O) groups excluding carboxylic acids is 1. The molecular weight excluding hydrogens is 156 g/mol. The van der Waals surface area contributed by atoms with Gasteiger partial charge >= 0.3 is 0 Å². The number of hydrogen-bond donors (Lipinski definition) is 0. The second kappa shape index (κ2) is 3.38. The molecular formula is C8H12N2O2. The van der Waals surface area contributed by atoms with Gasteiger partial charge in [0.1, 0.15) is 0 Å². The molecule has 0 N–H and O–H groups in total. The van der Waals surface area contributed by atoms with Gasteiger partial charge in [-0.25, -0.2) is 0 Å².